The van der Waals surface area contributed by atoms with E-state index in [1.807, 2.05) is 6.92 Å². The van der Waals surface area contributed by atoms with E-state index in [1.54, 1.807) is 12.1 Å². The van der Waals surface area contributed by atoms with Crippen molar-refractivity contribution in [3.63, 3.8) is 0 Å². The summed E-state index contributed by atoms with van der Waals surface area (Å²) in [6.07, 6.45) is 2.39. The largest absolute Gasteiger partial charge is 0.508 e. The van der Waals surface area contributed by atoms with Crippen LogP contribution >= 0.6 is 0 Å². The average molecular weight is 235 g/mol. The molecule has 4 nitrogen and oxygen atoms in total. The topological polar surface area (TPSA) is 83.5 Å². The van der Waals surface area contributed by atoms with Crippen molar-refractivity contribution in [2.45, 2.75) is 26.2 Å². The molecule has 1 aromatic carbocycles. The molecule has 0 atom stereocenters. The summed E-state index contributed by atoms with van der Waals surface area (Å²) in [6, 6.07) is 6.32. The molecule has 0 saturated heterocycles. The number of aromatic hydroxyl groups is 1. The van der Waals surface area contributed by atoms with E-state index in [2.05, 4.69) is 0 Å². The molecule has 0 aromatic heterocycles. The van der Waals surface area contributed by atoms with Gasteiger partial charge in [0.1, 0.15) is 5.75 Å². The van der Waals surface area contributed by atoms with Crippen molar-refractivity contribution in [1.82, 2.24) is 0 Å². The summed E-state index contributed by atoms with van der Waals surface area (Å²) in [4.78, 5) is 11.0. The highest BCUT2D eigenvalue weighted by molar-refractivity contribution is 5.97. The summed E-state index contributed by atoms with van der Waals surface area (Å²) < 4.78 is 0. The van der Waals surface area contributed by atoms with E-state index >= 15 is 0 Å². The van der Waals surface area contributed by atoms with Crippen molar-refractivity contribution in [3.05, 3.63) is 35.6 Å². The number of unbranched alkanes of at least 4 members (excludes halogenated alkanes) is 1. The van der Waals surface area contributed by atoms with Gasteiger partial charge in [-0.25, -0.2) is 0 Å². The first-order valence-electron chi connectivity index (χ1n) is 5.57. The number of phenolic OH excluding ortho intramolecular Hbond substituents is 1. The second kappa shape index (κ2) is 5.94. The van der Waals surface area contributed by atoms with Gasteiger partial charge in [-0.05, 0) is 30.5 Å². The Kier molecular flexibility index (Phi) is 4.57. The van der Waals surface area contributed by atoms with Gasteiger partial charge in [0.25, 0.3) is 5.91 Å². The molecule has 0 fully saturated rings. The van der Waals surface area contributed by atoms with Crippen LogP contribution in [0.3, 0.4) is 0 Å². The van der Waals surface area contributed by atoms with Crippen molar-refractivity contribution < 1.29 is 15.0 Å². The number of allylic oxidation sites excluding steroid dienone is 1. The number of aliphatic hydroxyl groups excluding tert-OH is 1. The van der Waals surface area contributed by atoms with E-state index in [4.69, 9.17) is 5.73 Å². The van der Waals surface area contributed by atoms with Crippen LogP contribution in [0.5, 0.6) is 5.75 Å². The van der Waals surface area contributed by atoms with Crippen LogP contribution in [-0.4, -0.2) is 16.1 Å². The molecule has 0 saturated carbocycles. The second-order valence-electron chi connectivity index (χ2n) is 3.84. The average Bonchev–Trinajstić information content (AvgIpc) is 2.31. The van der Waals surface area contributed by atoms with Crippen LogP contribution in [0.1, 0.15) is 31.7 Å². The van der Waals surface area contributed by atoms with Crippen LogP contribution in [0, 0.1) is 0 Å². The zero-order chi connectivity index (χ0) is 12.8. The molecule has 0 spiro atoms. The van der Waals surface area contributed by atoms with Crippen molar-refractivity contribution in [2.75, 3.05) is 0 Å². The van der Waals surface area contributed by atoms with Gasteiger partial charge in [0, 0.05) is 5.57 Å². The molecule has 0 heterocycles. The Morgan fingerprint density at radius 3 is 2.35 bits per heavy atom. The standard InChI is InChI=1S/C13H17NO3/c1-2-3-4-11(12(16)13(14)17)9-5-7-10(15)8-6-9/h5-8,15-16H,2-4H2,1H3,(H2,14,17). The zero-order valence-corrected chi connectivity index (χ0v) is 9.81. The number of benzene rings is 1. The molecule has 0 unspecified atom stereocenters. The van der Waals surface area contributed by atoms with Gasteiger partial charge < -0.3 is 15.9 Å². The maximum atomic E-state index is 11.0. The highest BCUT2D eigenvalue weighted by Crippen LogP contribution is 2.25. The van der Waals surface area contributed by atoms with E-state index in [-0.39, 0.29) is 5.75 Å². The van der Waals surface area contributed by atoms with Gasteiger partial charge in [0.05, 0.1) is 0 Å². The third kappa shape index (κ3) is 3.52. The highest BCUT2D eigenvalue weighted by Gasteiger charge is 2.12. The number of rotatable bonds is 5. The molecule has 0 aliphatic heterocycles. The Morgan fingerprint density at radius 2 is 1.88 bits per heavy atom. The Morgan fingerprint density at radius 1 is 1.29 bits per heavy atom. The predicted octanol–water partition coefficient (Wildman–Crippen LogP) is 2.34. The number of primary amides is 1. The first kappa shape index (κ1) is 13.1. The minimum absolute atomic E-state index is 0.141. The first-order chi connectivity index (χ1) is 8.06. The van der Waals surface area contributed by atoms with E-state index in [1.165, 1.54) is 12.1 Å². The Hall–Kier alpha value is -1.97. The number of hydrogen-bond acceptors (Lipinski definition) is 3. The Labute approximate surface area is 100 Å². The molecule has 1 rings (SSSR count). The SMILES string of the molecule is CCCCC(=C(O)C(N)=O)c1ccc(O)cc1. The number of aliphatic hydroxyl groups is 1. The number of phenols is 1. The van der Waals surface area contributed by atoms with Crippen molar-refractivity contribution >= 4 is 11.5 Å². The minimum Gasteiger partial charge on any atom is -0.508 e. The van der Waals surface area contributed by atoms with Gasteiger partial charge in [0.2, 0.25) is 0 Å². The highest BCUT2D eigenvalue weighted by atomic mass is 16.3. The lowest BCUT2D eigenvalue weighted by atomic mass is 9.98. The van der Waals surface area contributed by atoms with Crippen LogP contribution in [0.15, 0.2) is 30.0 Å². The van der Waals surface area contributed by atoms with Gasteiger partial charge in [-0.3, -0.25) is 4.79 Å². The molecule has 0 aliphatic rings. The van der Waals surface area contributed by atoms with Crippen LogP contribution in [0.4, 0.5) is 0 Å². The molecular weight excluding hydrogens is 218 g/mol. The van der Waals surface area contributed by atoms with E-state index in [9.17, 15) is 15.0 Å². The zero-order valence-electron chi connectivity index (χ0n) is 9.81. The van der Waals surface area contributed by atoms with Crippen molar-refractivity contribution in [1.29, 1.82) is 0 Å². The molecule has 0 radical (unpaired) electrons. The van der Waals surface area contributed by atoms with Crippen LogP contribution in [0.2, 0.25) is 0 Å². The van der Waals surface area contributed by atoms with Gasteiger partial charge in [0.15, 0.2) is 5.76 Å². The van der Waals surface area contributed by atoms with E-state index < -0.39 is 11.7 Å². The smallest absolute Gasteiger partial charge is 0.283 e. The van der Waals surface area contributed by atoms with Crippen LogP contribution in [0.25, 0.3) is 5.57 Å². The quantitative estimate of drug-likeness (QED) is 0.541. The summed E-state index contributed by atoms with van der Waals surface area (Å²) in [7, 11) is 0. The molecule has 17 heavy (non-hydrogen) atoms. The number of hydrogen-bond donors (Lipinski definition) is 3. The lowest BCUT2D eigenvalue weighted by Gasteiger charge is -2.09. The summed E-state index contributed by atoms with van der Waals surface area (Å²) in [5, 5.41) is 18.9. The summed E-state index contributed by atoms with van der Waals surface area (Å²) in [6.45, 7) is 2.02. The fourth-order valence-corrected chi connectivity index (χ4v) is 1.56. The number of amides is 1. The molecule has 92 valence electrons. The predicted molar refractivity (Wildman–Crippen MR) is 66.4 cm³/mol. The summed E-state index contributed by atoms with van der Waals surface area (Å²) in [5.41, 5.74) is 6.31. The fraction of sp³-hybridized carbons (Fsp3) is 0.308. The molecular formula is C13H17NO3. The third-order valence-electron chi connectivity index (χ3n) is 2.52. The molecule has 1 aromatic rings. The van der Waals surface area contributed by atoms with Gasteiger partial charge in [-0.2, -0.15) is 0 Å². The molecule has 0 aliphatic carbocycles. The van der Waals surface area contributed by atoms with Gasteiger partial charge in [-0.15, -0.1) is 0 Å². The fourth-order valence-electron chi connectivity index (χ4n) is 1.56. The number of carbonyl (C=O) groups is 1. The maximum Gasteiger partial charge on any atom is 0.283 e. The molecule has 4 N–H and O–H groups in total. The minimum atomic E-state index is -0.829. The third-order valence-corrected chi connectivity index (χ3v) is 2.52. The summed E-state index contributed by atoms with van der Waals surface area (Å²) in [5.74, 6) is -1.09. The normalized spacial score (nSPS) is 12.1. The van der Waals surface area contributed by atoms with E-state index in [0.29, 0.717) is 17.6 Å². The lowest BCUT2D eigenvalue weighted by molar-refractivity contribution is -0.116. The second-order valence-corrected chi connectivity index (χ2v) is 3.84. The lowest BCUT2D eigenvalue weighted by Crippen LogP contribution is -2.15. The number of carbonyl (C=O) groups excluding carboxylic acids is 1. The van der Waals surface area contributed by atoms with Crippen LogP contribution in [-0.2, 0) is 4.79 Å². The Balaban J connectivity index is 3.10. The maximum absolute atomic E-state index is 11.0. The van der Waals surface area contributed by atoms with Crippen molar-refractivity contribution in [3.8, 4) is 5.75 Å². The summed E-state index contributed by atoms with van der Waals surface area (Å²) >= 11 is 0. The first-order valence-corrected chi connectivity index (χ1v) is 5.57. The monoisotopic (exact) mass is 235 g/mol. The van der Waals surface area contributed by atoms with Crippen LogP contribution < -0.4 is 5.73 Å². The van der Waals surface area contributed by atoms with Crippen molar-refractivity contribution in [2.24, 2.45) is 5.73 Å². The number of nitrogens with two attached hydrogens (primary N) is 1. The van der Waals surface area contributed by atoms with Gasteiger partial charge in [-0.1, -0.05) is 25.5 Å². The molecule has 1 amide bonds. The Bertz CT molecular complexity index is 421. The van der Waals surface area contributed by atoms with Gasteiger partial charge >= 0.3 is 0 Å². The van der Waals surface area contributed by atoms with E-state index in [0.717, 1.165) is 12.8 Å². The molecule has 4 heteroatoms. The molecule has 0 bridgehead atoms.